The molecule has 0 bridgehead atoms. The topological polar surface area (TPSA) is 20.3 Å². The van der Waals surface area contributed by atoms with Gasteiger partial charge in [-0.25, -0.2) is 4.39 Å². The standard InChI is InChI=1S/C14H12FNO/c15-13-8-6-12(7-9-13)10-16(11-17)14-4-2-1-3-5-14/h1-9,11H,10H2. The summed E-state index contributed by atoms with van der Waals surface area (Å²) in [4.78, 5) is 12.6. The minimum absolute atomic E-state index is 0.272. The molecule has 0 N–H and O–H groups in total. The molecule has 86 valence electrons. The lowest BCUT2D eigenvalue weighted by atomic mass is 10.2. The van der Waals surface area contributed by atoms with Gasteiger partial charge in [0.25, 0.3) is 0 Å². The van der Waals surface area contributed by atoms with Crippen LogP contribution in [0.15, 0.2) is 54.6 Å². The van der Waals surface area contributed by atoms with Crippen molar-refractivity contribution in [2.45, 2.75) is 6.54 Å². The summed E-state index contributed by atoms with van der Waals surface area (Å²) in [5.74, 6) is -0.272. The van der Waals surface area contributed by atoms with Gasteiger partial charge in [0.1, 0.15) is 5.82 Å². The molecule has 0 saturated heterocycles. The Kier molecular flexibility index (Phi) is 3.50. The fraction of sp³-hybridized carbons (Fsp3) is 0.0714. The Morgan fingerprint density at radius 1 is 1.00 bits per heavy atom. The van der Waals surface area contributed by atoms with Crippen LogP contribution in [0.5, 0.6) is 0 Å². The summed E-state index contributed by atoms with van der Waals surface area (Å²) >= 11 is 0. The number of nitrogens with zero attached hydrogens (tertiary/aromatic N) is 1. The summed E-state index contributed by atoms with van der Waals surface area (Å²) in [7, 11) is 0. The zero-order valence-corrected chi connectivity index (χ0v) is 9.21. The van der Waals surface area contributed by atoms with Crippen molar-refractivity contribution in [3.05, 3.63) is 66.0 Å². The van der Waals surface area contributed by atoms with Gasteiger partial charge >= 0.3 is 0 Å². The van der Waals surface area contributed by atoms with Crippen LogP contribution in [0.4, 0.5) is 10.1 Å². The maximum Gasteiger partial charge on any atom is 0.214 e. The minimum Gasteiger partial charge on any atom is -0.311 e. The molecular formula is C14H12FNO. The van der Waals surface area contributed by atoms with Crippen molar-refractivity contribution in [2.24, 2.45) is 0 Å². The second kappa shape index (κ2) is 5.25. The van der Waals surface area contributed by atoms with E-state index in [0.29, 0.717) is 6.54 Å². The Hall–Kier alpha value is -2.16. The SMILES string of the molecule is O=CN(Cc1ccc(F)cc1)c1ccccc1. The lowest BCUT2D eigenvalue weighted by molar-refractivity contribution is -0.107. The van der Waals surface area contributed by atoms with Crippen molar-refractivity contribution >= 4 is 12.1 Å². The molecule has 0 atom stereocenters. The minimum atomic E-state index is -0.272. The van der Waals surface area contributed by atoms with Crippen molar-refractivity contribution in [1.82, 2.24) is 0 Å². The molecule has 0 aliphatic heterocycles. The molecule has 2 nitrogen and oxygen atoms in total. The van der Waals surface area contributed by atoms with E-state index in [1.54, 1.807) is 17.0 Å². The van der Waals surface area contributed by atoms with Gasteiger partial charge in [-0.15, -0.1) is 0 Å². The highest BCUT2D eigenvalue weighted by Gasteiger charge is 2.05. The number of benzene rings is 2. The molecule has 17 heavy (non-hydrogen) atoms. The molecule has 0 aromatic heterocycles. The van der Waals surface area contributed by atoms with Crippen LogP contribution in [-0.2, 0) is 11.3 Å². The number of anilines is 1. The first-order chi connectivity index (χ1) is 8.29. The molecule has 0 spiro atoms. The van der Waals surface area contributed by atoms with E-state index < -0.39 is 0 Å². The highest BCUT2D eigenvalue weighted by atomic mass is 19.1. The third kappa shape index (κ3) is 2.91. The highest BCUT2D eigenvalue weighted by molar-refractivity contribution is 5.74. The molecule has 2 rings (SSSR count). The number of para-hydroxylation sites is 1. The molecule has 2 aromatic carbocycles. The average molecular weight is 229 g/mol. The van der Waals surface area contributed by atoms with Crippen molar-refractivity contribution in [3.63, 3.8) is 0 Å². The van der Waals surface area contributed by atoms with Gasteiger partial charge in [-0.3, -0.25) is 4.79 Å². The van der Waals surface area contributed by atoms with Gasteiger partial charge < -0.3 is 4.90 Å². The van der Waals surface area contributed by atoms with Crippen LogP contribution in [-0.4, -0.2) is 6.41 Å². The van der Waals surface area contributed by atoms with E-state index in [0.717, 1.165) is 17.7 Å². The van der Waals surface area contributed by atoms with Crippen LogP contribution < -0.4 is 4.90 Å². The number of amides is 1. The summed E-state index contributed by atoms with van der Waals surface area (Å²) in [5.41, 5.74) is 1.72. The average Bonchev–Trinajstić information content (AvgIpc) is 2.39. The van der Waals surface area contributed by atoms with Gasteiger partial charge in [-0.1, -0.05) is 30.3 Å². The smallest absolute Gasteiger partial charge is 0.214 e. The maximum absolute atomic E-state index is 12.7. The van der Waals surface area contributed by atoms with Gasteiger partial charge in [0, 0.05) is 5.69 Å². The molecule has 0 aliphatic rings. The Balaban J connectivity index is 2.16. The van der Waals surface area contributed by atoms with E-state index in [1.165, 1.54) is 12.1 Å². The first-order valence-electron chi connectivity index (χ1n) is 5.31. The van der Waals surface area contributed by atoms with Gasteiger partial charge in [0.05, 0.1) is 6.54 Å². The maximum atomic E-state index is 12.7. The van der Waals surface area contributed by atoms with E-state index in [9.17, 15) is 9.18 Å². The second-order valence-corrected chi connectivity index (χ2v) is 3.70. The molecule has 0 radical (unpaired) electrons. The summed E-state index contributed by atoms with van der Waals surface area (Å²) < 4.78 is 12.7. The molecule has 2 aromatic rings. The summed E-state index contributed by atoms with van der Waals surface area (Å²) in [6.07, 6.45) is 0.776. The van der Waals surface area contributed by atoms with Crippen molar-refractivity contribution in [1.29, 1.82) is 0 Å². The predicted octanol–water partition coefficient (Wildman–Crippen LogP) is 2.99. The van der Waals surface area contributed by atoms with E-state index in [-0.39, 0.29) is 5.82 Å². The van der Waals surface area contributed by atoms with Gasteiger partial charge in [0.2, 0.25) is 6.41 Å². The Morgan fingerprint density at radius 3 is 2.24 bits per heavy atom. The molecule has 0 heterocycles. The lowest BCUT2D eigenvalue weighted by Crippen LogP contribution is -2.20. The second-order valence-electron chi connectivity index (χ2n) is 3.70. The number of hydrogen-bond acceptors (Lipinski definition) is 1. The van der Waals surface area contributed by atoms with E-state index >= 15 is 0 Å². The monoisotopic (exact) mass is 229 g/mol. The van der Waals surface area contributed by atoms with E-state index in [2.05, 4.69) is 0 Å². The third-order valence-electron chi connectivity index (χ3n) is 2.48. The summed E-state index contributed by atoms with van der Waals surface area (Å²) in [6.45, 7) is 0.438. The summed E-state index contributed by atoms with van der Waals surface area (Å²) in [5, 5.41) is 0. The van der Waals surface area contributed by atoms with Crippen LogP contribution in [0.1, 0.15) is 5.56 Å². The van der Waals surface area contributed by atoms with Crippen molar-refractivity contribution in [3.8, 4) is 0 Å². The predicted molar refractivity (Wildman–Crippen MR) is 65.1 cm³/mol. The number of rotatable bonds is 4. The Labute approximate surface area is 99.3 Å². The van der Waals surface area contributed by atoms with Crippen molar-refractivity contribution in [2.75, 3.05) is 4.90 Å². The largest absolute Gasteiger partial charge is 0.311 e. The van der Waals surface area contributed by atoms with Gasteiger partial charge in [-0.05, 0) is 29.8 Å². The first-order valence-corrected chi connectivity index (χ1v) is 5.31. The Bertz CT molecular complexity index is 481. The molecule has 1 amide bonds. The quantitative estimate of drug-likeness (QED) is 0.738. The number of halogens is 1. The zero-order valence-electron chi connectivity index (χ0n) is 9.21. The highest BCUT2D eigenvalue weighted by Crippen LogP contribution is 2.15. The zero-order chi connectivity index (χ0) is 12.1. The van der Waals surface area contributed by atoms with Crippen LogP contribution in [0.2, 0.25) is 0 Å². The molecule has 0 unspecified atom stereocenters. The molecule has 3 heteroatoms. The van der Waals surface area contributed by atoms with Crippen molar-refractivity contribution < 1.29 is 9.18 Å². The van der Waals surface area contributed by atoms with Crippen LogP contribution in [0.25, 0.3) is 0 Å². The number of carbonyl (C=O) groups excluding carboxylic acids is 1. The molecule has 0 aliphatic carbocycles. The fourth-order valence-electron chi connectivity index (χ4n) is 1.60. The molecular weight excluding hydrogens is 217 g/mol. The lowest BCUT2D eigenvalue weighted by Gasteiger charge is -2.17. The number of carbonyl (C=O) groups is 1. The normalized spacial score (nSPS) is 9.94. The van der Waals surface area contributed by atoms with E-state index in [1.807, 2.05) is 30.3 Å². The summed E-state index contributed by atoms with van der Waals surface area (Å²) in [6, 6.07) is 15.5. The van der Waals surface area contributed by atoms with Gasteiger partial charge in [-0.2, -0.15) is 0 Å². The number of hydrogen-bond donors (Lipinski definition) is 0. The first kappa shape index (κ1) is 11.3. The van der Waals surface area contributed by atoms with Crippen LogP contribution >= 0.6 is 0 Å². The molecule has 0 saturated carbocycles. The fourth-order valence-corrected chi connectivity index (χ4v) is 1.60. The third-order valence-corrected chi connectivity index (χ3v) is 2.48. The molecule has 0 fully saturated rings. The van der Waals surface area contributed by atoms with Gasteiger partial charge in [0.15, 0.2) is 0 Å². The van der Waals surface area contributed by atoms with Crippen LogP contribution in [0.3, 0.4) is 0 Å². The van der Waals surface area contributed by atoms with E-state index in [4.69, 9.17) is 0 Å². The Morgan fingerprint density at radius 2 is 1.65 bits per heavy atom. The van der Waals surface area contributed by atoms with Crippen LogP contribution in [0, 0.1) is 5.82 Å².